The minimum atomic E-state index is 0.0987. The summed E-state index contributed by atoms with van der Waals surface area (Å²) in [4.78, 5) is 15.3. The van der Waals surface area contributed by atoms with Gasteiger partial charge in [0.2, 0.25) is 5.95 Å². The van der Waals surface area contributed by atoms with Gasteiger partial charge in [-0.2, -0.15) is 0 Å². The third-order valence-electron chi connectivity index (χ3n) is 5.86. The van der Waals surface area contributed by atoms with E-state index < -0.39 is 0 Å². The van der Waals surface area contributed by atoms with Crippen LogP contribution < -0.4 is 4.90 Å². The smallest absolute Gasteiger partial charge is 0.232 e. The van der Waals surface area contributed by atoms with Gasteiger partial charge >= 0.3 is 0 Å². The quantitative estimate of drug-likeness (QED) is 0.255. The van der Waals surface area contributed by atoms with Gasteiger partial charge in [0.25, 0.3) is 0 Å². The number of benzene rings is 1. The molecule has 176 valence electrons. The molecule has 0 spiro atoms. The average Bonchev–Trinajstić information content (AvgIpc) is 3.40. The van der Waals surface area contributed by atoms with Crippen LogP contribution in [0, 0.1) is 13.8 Å². The Labute approximate surface area is 198 Å². The number of thioether (sulfide) groups is 1. The number of aromatic nitrogens is 4. The first kappa shape index (κ1) is 23.5. The lowest BCUT2D eigenvalue weighted by molar-refractivity contribution is 0.102. The fraction of sp³-hybridized carbons (Fsp3) is 0.458. The van der Waals surface area contributed by atoms with Gasteiger partial charge in [0.05, 0.1) is 24.7 Å². The third kappa shape index (κ3) is 5.31. The van der Waals surface area contributed by atoms with E-state index in [9.17, 15) is 4.79 Å². The molecule has 1 aliphatic heterocycles. The normalized spacial score (nSPS) is 14.1. The fourth-order valence-electron chi connectivity index (χ4n) is 4.13. The van der Waals surface area contributed by atoms with Crippen molar-refractivity contribution in [3.63, 3.8) is 0 Å². The van der Waals surface area contributed by atoms with Crippen molar-refractivity contribution in [2.24, 2.45) is 0 Å². The predicted octanol–water partition coefficient (Wildman–Crippen LogP) is 3.53. The summed E-state index contributed by atoms with van der Waals surface area (Å²) in [7, 11) is 1.71. The number of aryl methyl sites for hydroxylation is 1. The van der Waals surface area contributed by atoms with Crippen LogP contribution in [0.25, 0.3) is 5.69 Å². The molecule has 0 bridgehead atoms. The van der Waals surface area contributed by atoms with Crippen LogP contribution in [0.2, 0.25) is 0 Å². The molecule has 0 unspecified atom stereocenters. The summed E-state index contributed by atoms with van der Waals surface area (Å²) in [5, 5.41) is 9.64. The van der Waals surface area contributed by atoms with Crippen molar-refractivity contribution < 1.29 is 14.3 Å². The van der Waals surface area contributed by atoms with Crippen molar-refractivity contribution in [3.05, 3.63) is 53.3 Å². The van der Waals surface area contributed by atoms with Gasteiger partial charge in [0.1, 0.15) is 0 Å². The Hall–Kier alpha value is -2.62. The zero-order valence-electron chi connectivity index (χ0n) is 19.5. The second-order valence-electron chi connectivity index (χ2n) is 8.05. The highest BCUT2D eigenvalue weighted by atomic mass is 32.2. The number of para-hydroxylation sites is 1. The zero-order chi connectivity index (χ0) is 23.2. The lowest BCUT2D eigenvalue weighted by atomic mass is 10.2. The van der Waals surface area contributed by atoms with E-state index >= 15 is 0 Å². The standard InChI is InChI=1S/C24H31N5O3S/c1-18-16-21(19(2)28(18)10-7-13-31-3)22(30)17-33-24-26-25-23(27-11-14-32-15-12-27)29(24)20-8-5-4-6-9-20/h4-6,8-9,16H,7,10-15,17H2,1-3H3. The van der Waals surface area contributed by atoms with Gasteiger partial charge in [0, 0.05) is 50.3 Å². The van der Waals surface area contributed by atoms with Crippen LogP contribution in [0.3, 0.4) is 0 Å². The van der Waals surface area contributed by atoms with E-state index in [0.717, 1.165) is 54.6 Å². The maximum Gasteiger partial charge on any atom is 0.232 e. The largest absolute Gasteiger partial charge is 0.385 e. The maximum absolute atomic E-state index is 13.1. The number of carbonyl (C=O) groups is 1. The summed E-state index contributed by atoms with van der Waals surface area (Å²) >= 11 is 1.43. The summed E-state index contributed by atoms with van der Waals surface area (Å²) in [5.74, 6) is 1.19. The number of rotatable bonds is 10. The molecule has 4 rings (SSSR count). The number of nitrogens with zero attached hydrogens (tertiary/aromatic N) is 5. The molecule has 3 aromatic rings. The van der Waals surface area contributed by atoms with Gasteiger partial charge in [-0.05, 0) is 38.5 Å². The number of Topliss-reactive ketones (excluding diaryl/α,β-unsaturated/α-hetero) is 1. The Morgan fingerprint density at radius 3 is 2.64 bits per heavy atom. The van der Waals surface area contributed by atoms with Crippen LogP contribution in [0.1, 0.15) is 28.2 Å². The number of hydrogen-bond donors (Lipinski definition) is 0. The Bertz CT molecular complexity index is 1070. The molecule has 3 heterocycles. The van der Waals surface area contributed by atoms with Gasteiger partial charge < -0.3 is 18.9 Å². The lowest BCUT2D eigenvalue weighted by Gasteiger charge is -2.27. The Balaban J connectivity index is 1.53. The van der Waals surface area contributed by atoms with E-state index in [0.29, 0.717) is 30.7 Å². The molecule has 0 radical (unpaired) electrons. The van der Waals surface area contributed by atoms with Crippen molar-refractivity contribution in [3.8, 4) is 5.69 Å². The molecule has 9 heteroatoms. The van der Waals surface area contributed by atoms with E-state index in [1.54, 1.807) is 7.11 Å². The zero-order valence-corrected chi connectivity index (χ0v) is 20.3. The molecule has 0 N–H and O–H groups in total. The van der Waals surface area contributed by atoms with Crippen molar-refractivity contribution >= 4 is 23.5 Å². The summed E-state index contributed by atoms with van der Waals surface area (Å²) < 4.78 is 14.9. The predicted molar refractivity (Wildman–Crippen MR) is 130 cm³/mol. The summed E-state index contributed by atoms with van der Waals surface area (Å²) in [6.45, 7) is 8.48. The van der Waals surface area contributed by atoms with Gasteiger partial charge in [-0.25, -0.2) is 0 Å². The van der Waals surface area contributed by atoms with Crippen LogP contribution in [-0.4, -0.2) is 70.9 Å². The minimum Gasteiger partial charge on any atom is -0.385 e. The van der Waals surface area contributed by atoms with Crippen molar-refractivity contribution in [2.45, 2.75) is 32.0 Å². The monoisotopic (exact) mass is 469 g/mol. The molecule has 0 saturated carbocycles. The molecule has 0 atom stereocenters. The number of ketones is 1. The summed E-state index contributed by atoms with van der Waals surface area (Å²) in [6.07, 6.45) is 0.916. The maximum atomic E-state index is 13.1. The first-order valence-corrected chi connectivity index (χ1v) is 12.2. The van der Waals surface area contributed by atoms with E-state index in [2.05, 4.69) is 19.7 Å². The summed E-state index contributed by atoms with van der Waals surface area (Å²) in [6, 6.07) is 12.0. The highest BCUT2D eigenvalue weighted by molar-refractivity contribution is 7.99. The second kappa shape index (κ2) is 11.0. The molecule has 1 aromatic carbocycles. The van der Waals surface area contributed by atoms with Crippen LogP contribution in [-0.2, 0) is 16.0 Å². The minimum absolute atomic E-state index is 0.0987. The van der Waals surface area contributed by atoms with Crippen LogP contribution >= 0.6 is 11.8 Å². The number of ether oxygens (including phenoxy) is 2. The Kier molecular flexibility index (Phi) is 7.85. The topological polar surface area (TPSA) is 74.4 Å². The molecule has 1 fully saturated rings. The van der Waals surface area contributed by atoms with Gasteiger partial charge in [-0.3, -0.25) is 9.36 Å². The molecule has 2 aromatic heterocycles. The summed E-state index contributed by atoms with van der Waals surface area (Å²) in [5.41, 5.74) is 3.86. The SMILES string of the molecule is COCCCn1c(C)cc(C(=O)CSc2nnc(N3CCOCC3)n2-c2ccccc2)c1C. The Morgan fingerprint density at radius 2 is 1.91 bits per heavy atom. The molecule has 0 aliphatic carbocycles. The molecule has 8 nitrogen and oxygen atoms in total. The van der Waals surface area contributed by atoms with Gasteiger partial charge in [-0.15, -0.1) is 10.2 Å². The van der Waals surface area contributed by atoms with E-state index in [4.69, 9.17) is 9.47 Å². The van der Waals surface area contributed by atoms with Gasteiger partial charge in [-0.1, -0.05) is 30.0 Å². The molecule has 33 heavy (non-hydrogen) atoms. The van der Waals surface area contributed by atoms with Crippen molar-refractivity contribution in [2.75, 3.05) is 50.7 Å². The van der Waals surface area contributed by atoms with E-state index in [1.807, 2.05) is 54.8 Å². The average molecular weight is 470 g/mol. The van der Waals surface area contributed by atoms with Crippen molar-refractivity contribution in [1.82, 2.24) is 19.3 Å². The molecule has 0 amide bonds. The van der Waals surface area contributed by atoms with Crippen LogP contribution in [0.4, 0.5) is 5.95 Å². The first-order chi connectivity index (χ1) is 16.1. The van der Waals surface area contributed by atoms with Crippen molar-refractivity contribution in [1.29, 1.82) is 0 Å². The lowest BCUT2D eigenvalue weighted by Crippen LogP contribution is -2.37. The molecule has 1 saturated heterocycles. The van der Waals surface area contributed by atoms with E-state index in [-0.39, 0.29) is 5.78 Å². The fourth-order valence-corrected chi connectivity index (χ4v) is 4.96. The second-order valence-corrected chi connectivity index (χ2v) is 8.99. The third-order valence-corrected chi connectivity index (χ3v) is 6.79. The number of methoxy groups -OCH3 is 1. The Morgan fingerprint density at radius 1 is 1.15 bits per heavy atom. The molecular weight excluding hydrogens is 438 g/mol. The van der Waals surface area contributed by atoms with Gasteiger partial charge in [0.15, 0.2) is 10.9 Å². The highest BCUT2D eigenvalue weighted by Gasteiger charge is 2.23. The van der Waals surface area contributed by atoms with Crippen LogP contribution in [0.15, 0.2) is 41.6 Å². The molecule has 1 aliphatic rings. The first-order valence-electron chi connectivity index (χ1n) is 11.3. The van der Waals surface area contributed by atoms with Crippen LogP contribution in [0.5, 0.6) is 0 Å². The number of anilines is 1. The number of carbonyl (C=O) groups excluding carboxylic acids is 1. The highest BCUT2D eigenvalue weighted by Crippen LogP contribution is 2.28. The number of morpholine rings is 1. The molecular formula is C24H31N5O3S. The number of hydrogen-bond acceptors (Lipinski definition) is 7. The van der Waals surface area contributed by atoms with E-state index in [1.165, 1.54) is 11.8 Å².